The van der Waals surface area contributed by atoms with Crippen LogP contribution in [0.4, 0.5) is 11.5 Å². The van der Waals surface area contributed by atoms with Gasteiger partial charge in [-0.3, -0.25) is 4.40 Å². The van der Waals surface area contributed by atoms with Crippen molar-refractivity contribution in [2.45, 2.75) is 65.1 Å². The fourth-order valence-electron chi connectivity index (χ4n) is 5.44. The summed E-state index contributed by atoms with van der Waals surface area (Å²) in [5.41, 5.74) is 5.72. The zero-order valence-electron chi connectivity index (χ0n) is 21.8. The van der Waals surface area contributed by atoms with Crippen molar-refractivity contribution >= 4 is 48.0 Å². The molecule has 0 atom stereocenters. The number of rotatable bonds is 8. The zero-order chi connectivity index (χ0) is 25.5. The molecule has 0 unspecified atom stereocenters. The smallest absolute Gasteiger partial charge is 0.258 e. The van der Waals surface area contributed by atoms with Crippen LogP contribution in [0.15, 0.2) is 42.9 Å². The van der Waals surface area contributed by atoms with Crippen LogP contribution in [0.2, 0.25) is 21.6 Å². The highest BCUT2D eigenvalue weighted by Gasteiger charge is 2.47. The summed E-state index contributed by atoms with van der Waals surface area (Å²) in [5, 5.41) is 4.09. The lowest BCUT2D eigenvalue weighted by atomic mass is 10.2. The number of halogens is 1. The molecule has 0 aliphatic rings. The molecule has 0 radical (unpaired) electrons. The van der Waals surface area contributed by atoms with E-state index >= 15 is 0 Å². The van der Waals surface area contributed by atoms with Crippen molar-refractivity contribution in [2.75, 3.05) is 12.4 Å². The first-order chi connectivity index (χ1) is 16.6. The average molecular weight is 511 g/mol. The summed E-state index contributed by atoms with van der Waals surface area (Å²) in [6.07, 6.45) is 3.59. The molecule has 4 rings (SSSR count). The van der Waals surface area contributed by atoms with Crippen molar-refractivity contribution in [1.82, 2.24) is 14.4 Å². The van der Waals surface area contributed by atoms with Crippen molar-refractivity contribution in [1.29, 1.82) is 0 Å². The Morgan fingerprint density at radius 1 is 0.971 bits per heavy atom. The molecule has 1 N–H and O–H groups in total. The van der Waals surface area contributed by atoms with Crippen LogP contribution in [0, 0.1) is 6.92 Å². The van der Waals surface area contributed by atoms with Crippen LogP contribution in [0.3, 0.4) is 0 Å². The van der Waals surface area contributed by atoms with Crippen LogP contribution < -0.4 is 14.5 Å². The number of aryl methyl sites for hydroxylation is 1. The first kappa shape index (κ1) is 25.3. The summed E-state index contributed by atoms with van der Waals surface area (Å²) in [4.78, 5) is 9.39. The van der Waals surface area contributed by atoms with Crippen molar-refractivity contribution in [3.63, 3.8) is 0 Å². The largest absolute Gasteiger partial charge is 0.540 e. The van der Waals surface area contributed by atoms with Gasteiger partial charge in [-0.15, -0.1) is 0 Å². The lowest BCUT2D eigenvalue weighted by molar-refractivity contribution is 0.383. The molecule has 0 fully saturated rings. The number of hydrogen-bond donors (Lipinski definition) is 1. The van der Waals surface area contributed by atoms with E-state index in [4.69, 9.17) is 25.7 Å². The van der Waals surface area contributed by atoms with Crippen LogP contribution in [0.25, 0.3) is 16.6 Å². The maximum atomic E-state index is 7.01. The quantitative estimate of drug-likeness (QED) is 0.242. The third-order valence-electron chi connectivity index (χ3n) is 7.09. The Bertz CT molecular complexity index is 1320. The van der Waals surface area contributed by atoms with E-state index in [1.54, 1.807) is 19.6 Å². The number of aromatic nitrogens is 3. The summed E-state index contributed by atoms with van der Waals surface area (Å²) in [6.45, 7) is 15.7. The molecule has 0 amide bonds. The molecule has 0 saturated heterocycles. The van der Waals surface area contributed by atoms with E-state index in [0.717, 1.165) is 33.6 Å². The third kappa shape index (κ3) is 4.36. The summed E-state index contributed by atoms with van der Waals surface area (Å²) < 4.78 is 14.9. The van der Waals surface area contributed by atoms with Crippen molar-refractivity contribution in [3.05, 3.63) is 53.4 Å². The molecule has 186 valence electrons. The average Bonchev–Trinajstić information content (AvgIpc) is 3.29. The second-order valence-corrected chi connectivity index (χ2v) is 15.9. The van der Waals surface area contributed by atoms with Gasteiger partial charge < -0.3 is 14.5 Å². The van der Waals surface area contributed by atoms with Gasteiger partial charge in [0.15, 0.2) is 11.6 Å². The van der Waals surface area contributed by atoms with E-state index in [0.29, 0.717) is 33.2 Å². The van der Waals surface area contributed by atoms with Crippen LogP contribution in [0.5, 0.6) is 11.5 Å². The van der Waals surface area contributed by atoms with Crippen molar-refractivity contribution in [3.8, 4) is 11.5 Å². The standard InChI is InChI=1S/C27H35ClN4O2Si/c1-16(2)35(17(3)4,18(5)6)34-25-12-21-22(13-24(25)33-8)32-15-29-14-23(32)27(30-21)31-26-19(7)10-9-11-20(26)28/h9-18H,1-8H3,(H,30,31). The molecule has 0 saturated carbocycles. The maximum Gasteiger partial charge on any atom is 0.258 e. The second kappa shape index (κ2) is 9.70. The summed E-state index contributed by atoms with van der Waals surface area (Å²) >= 11 is 6.50. The van der Waals surface area contributed by atoms with Crippen LogP contribution in [-0.2, 0) is 0 Å². The monoisotopic (exact) mass is 510 g/mol. The first-order valence-corrected chi connectivity index (χ1v) is 14.7. The van der Waals surface area contributed by atoms with Gasteiger partial charge in [0.05, 0.1) is 41.4 Å². The SMILES string of the molecule is COc1cc2c(cc1O[Si](C(C)C)(C(C)C)C(C)C)nc(Nc1c(C)cccc1Cl)c1cncn12. The maximum absolute atomic E-state index is 7.01. The number of anilines is 2. The highest BCUT2D eigenvalue weighted by atomic mass is 35.5. The van der Waals surface area contributed by atoms with E-state index in [1.807, 2.05) is 41.7 Å². The molecule has 2 heterocycles. The predicted octanol–water partition coefficient (Wildman–Crippen LogP) is 8.15. The molecule has 0 aliphatic carbocycles. The summed E-state index contributed by atoms with van der Waals surface area (Å²) in [7, 11) is -0.507. The minimum absolute atomic E-state index is 0.437. The predicted molar refractivity (Wildman–Crippen MR) is 148 cm³/mol. The number of nitrogens with one attached hydrogen (secondary N) is 1. The fourth-order valence-corrected chi connectivity index (χ4v) is 11.0. The highest BCUT2D eigenvalue weighted by Crippen LogP contribution is 2.45. The highest BCUT2D eigenvalue weighted by molar-refractivity contribution is 6.78. The molecule has 6 nitrogen and oxygen atoms in total. The number of para-hydroxylation sites is 1. The van der Waals surface area contributed by atoms with E-state index < -0.39 is 8.32 Å². The van der Waals surface area contributed by atoms with Crippen LogP contribution >= 0.6 is 11.6 Å². The van der Waals surface area contributed by atoms with Gasteiger partial charge >= 0.3 is 0 Å². The van der Waals surface area contributed by atoms with Gasteiger partial charge in [0.25, 0.3) is 8.32 Å². The van der Waals surface area contributed by atoms with E-state index in [1.165, 1.54) is 0 Å². The third-order valence-corrected chi connectivity index (χ3v) is 13.4. The molecule has 2 aromatic carbocycles. The van der Waals surface area contributed by atoms with E-state index in [-0.39, 0.29) is 0 Å². The number of ether oxygens (including phenoxy) is 1. The van der Waals surface area contributed by atoms with Crippen molar-refractivity contribution in [2.24, 2.45) is 0 Å². The molecule has 4 aromatic rings. The number of nitrogens with zero attached hydrogens (tertiary/aromatic N) is 3. The van der Waals surface area contributed by atoms with Gasteiger partial charge in [-0.1, -0.05) is 65.3 Å². The number of benzene rings is 2. The Labute approximate surface area is 213 Å². The summed E-state index contributed by atoms with van der Waals surface area (Å²) in [5.74, 6) is 2.13. The molecule has 0 spiro atoms. The van der Waals surface area contributed by atoms with Crippen molar-refractivity contribution < 1.29 is 9.16 Å². The Morgan fingerprint density at radius 2 is 1.66 bits per heavy atom. The lowest BCUT2D eigenvalue weighted by Gasteiger charge is -2.42. The summed E-state index contributed by atoms with van der Waals surface area (Å²) in [6, 6.07) is 9.84. The minimum atomic E-state index is -2.19. The van der Waals surface area contributed by atoms with E-state index in [9.17, 15) is 0 Å². The fraction of sp³-hybridized carbons (Fsp3) is 0.407. The first-order valence-electron chi connectivity index (χ1n) is 12.1. The molecule has 0 bridgehead atoms. The molecular weight excluding hydrogens is 476 g/mol. The van der Waals surface area contributed by atoms with Gasteiger partial charge in [-0.25, -0.2) is 9.97 Å². The molecular formula is C27H35ClN4O2Si. The van der Waals surface area contributed by atoms with Gasteiger partial charge in [0.2, 0.25) is 0 Å². The number of hydrogen-bond acceptors (Lipinski definition) is 5. The van der Waals surface area contributed by atoms with E-state index in [2.05, 4.69) is 51.8 Å². The van der Waals surface area contributed by atoms with Crippen LogP contribution in [-0.4, -0.2) is 29.8 Å². The van der Waals surface area contributed by atoms with Gasteiger partial charge in [0, 0.05) is 12.1 Å². The Hall–Kier alpha value is -2.77. The molecule has 8 heteroatoms. The molecule has 2 aromatic heterocycles. The zero-order valence-corrected chi connectivity index (χ0v) is 23.6. The molecule has 35 heavy (non-hydrogen) atoms. The minimum Gasteiger partial charge on any atom is -0.540 e. The number of methoxy groups -OCH3 is 1. The number of fused-ring (bicyclic) bond motifs is 3. The number of imidazole rings is 1. The van der Waals surface area contributed by atoms with Crippen LogP contribution in [0.1, 0.15) is 47.1 Å². The van der Waals surface area contributed by atoms with Gasteiger partial charge in [-0.2, -0.15) is 0 Å². The van der Waals surface area contributed by atoms with Gasteiger partial charge in [-0.05, 0) is 35.2 Å². The Balaban J connectivity index is 1.91. The Morgan fingerprint density at radius 3 is 2.26 bits per heavy atom. The normalized spacial score (nSPS) is 12.3. The Kier molecular flexibility index (Phi) is 7.02. The molecule has 0 aliphatic heterocycles. The lowest BCUT2D eigenvalue weighted by Crippen LogP contribution is -2.50. The topological polar surface area (TPSA) is 60.7 Å². The van der Waals surface area contributed by atoms with Gasteiger partial charge in [0.1, 0.15) is 11.3 Å². The second-order valence-electron chi connectivity index (χ2n) is 10.1.